The van der Waals surface area contributed by atoms with Crippen LogP contribution in [0.5, 0.6) is 0 Å². The van der Waals surface area contributed by atoms with Gasteiger partial charge in [-0.1, -0.05) is 56.7 Å². The first kappa shape index (κ1) is 20.0. The quantitative estimate of drug-likeness (QED) is 0.365. The van der Waals surface area contributed by atoms with E-state index in [4.69, 9.17) is 0 Å². The molecular weight excluding hydrogens is 371 g/mol. The van der Waals surface area contributed by atoms with Gasteiger partial charge in [-0.3, -0.25) is 9.97 Å². The highest BCUT2D eigenvalue weighted by molar-refractivity contribution is 5.90. The molecule has 0 fully saturated rings. The van der Waals surface area contributed by atoms with Gasteiger partial charge in [-0.15, -0.1) is 0 Å². The van der Waals surface area contributed by atoms with Crippen molar-refractivity contribution < 1.29 is 4.39 Å². The van der Waals surface area contributed by atoms with Gasteiger partial charge in [-0.2, -0.15) is 0 Å². The molecule has 0 bridgehead atoms. The van der Waals surface area contributed by atoms with E-state index in [1.165, 1.54) is 23.4 Å². The zero-order valence-corrected chi connectivity index (χ0v) is 17.8. The lowest BCUT2D eigenvalue weighted by Gasteiger charge is -2.22. The summed E-state index contributed by atoms with van der Waals surface area (Å²) in [4.78, 5) is 8.97. The molecular formula is C27H25FN2. The number of pyridine rings is 2. The Bertz CT molecular complexity index is 1170. The van der Waals surface area contributed by atoms with E-state index in [9.17, 15) is 4.39 Å². The van der Waals surface area contributed by atoms with Crippen LogP contribution in [-0.4, -0.2) is 9.97 Å². The molecule has 2 nitrogen and oxygen atoms in total. The number of hydrogen-bond acceptors (Lipinski definition) is 2. The summed E-state index contributed by atoms with van der Waals surface area (Å²) in [7, 11) is 0. The van der Waals surface area contributed by atoms with Crippen molar-refractivity contribution in [2.75, 3.05) is 0 Å². The third-order valence-corrected chi connectivity index (χ3v) is 5.30. The van der Waals surface area contributed by atoms with Gasteiger partial charge >= 0.3 is 0 Å². The van der Waals surface area contributed by atoms with Gasteiger partial charge in [0.05, 0.1) is 17.6 Å². The van der Waals surface area contributed by atoms with Crippen LogP contribution in [-0.2, 0) is 5.41 Å². The highest BCUT2D eigenvalue weighted by Crippen LogP contribution is 2.39. The monoisotopic (exact) mass is 396 g/mol. The van der Waals surface area contributed by atoms with E-state index >= 15 is 0 Å². The van der Waals surface area contributed by atoms with Gasteiger partial charge in [-0.05, 0) is 65.4 Å². The van der Waals surface area contributed by atoms with Gasteiger partial charge in [0.15, 0.2) is 0 Å². The zero-order valence-electron chi connectivity index (χ0n) is 17.8. The molecule has 2 heterocycles. The number of aryl methyl sites for hydroxylation is 1. The maximum absolute atomic E-state index is 13.6. The predicted molar refractivity (Wildman–Crippen MR) is 122 cm³/mol. The number of halogens is 1. The summed E-state index contributed by atoms with van der Waals surface area (Å²) in [6.07, 6.45) is 3.09. The van der Waals surface area contributed by atoms with E-state index in [0.29, 0.717) is 0 Å². The molecule has 0 aliphatic rings. The molecule has 0 atom stereocenters. The SMILES string of the molecule is Cc1ccc(-c2ccc(C(C)(C)C)cc2-c2ccc(F)cn2)c(-c2ccccn2)c1. The molecule has 0 spiro atoms. The molecule has 4 aromatic rings. The van der Waals surface area contributed by atoms with Crippen molar-refractivity contribution in [2.45, 2.75) is 33.1 Å². The Morgan fingerprint density at radius 2 is 1.40 bits per heavy atom. The molecule has 4 rings (SSSR count). The first-order valence-electron chi connectivity index (χ1n) is 10.1. The molecule has 150 valence electrons. The number of benzene rings is 2. The normalized spacial score (nSPS) is 11.5. The fourth-order valence-electron chi connectivity index (χ4n) is 3.62. The van der Waals surface area contributed by atoms with Crippen molar-refractivity contribution in [3.05, 3.63) is 96.1 Å². The first-order valence-corrected chi connectivity index (χ1v) is 10.1. The topological polar surface area (TPSA) is 25.8 Å². The number of rotatable bonds is 3. The Hall–Kier alpha value is -3.33. The summed E-state index contributed by atoms with van der Waals surface area (Å²) in [5.74, 6) is -0.336. The Morgan fingerprint density at radius 3 is 2.03 bits per heavy atom. The molecule has 0 saturated carbocycles. The van der Waals surface area contributed by atoms with E-state index in [1.54, 1.807) is 6.07 Å². The van der Waals surface area contributed by atoms with Crippen molar-refractivity contribution in [3.8, 4) is 33.6 Å². The molecule has 2 aromatic carbocycles. The Balaban J connectivity index is 1.99. The lowest BCUT2D eigenvalue weighted by atomic mass is 9.83. The molecule has 0 aliphatic carbocycles. The molecule has 0 unspecified atom stereocenters. The summed E-state index contributed by atoms with van der Waals surface area (Å²) in [6.45, 7) is 8.65. The van der Waals surface area contributed by atoms with Crippen LogP contribution in [0.2, 0.25) is 0 Å². The van der Waals surface area contributed by atoms with Crippen LogP contribution in [0.15, 0.2) is 79.1 Å². The van der Waals surface area contributed by atoms with Crippen molar-refractivity contribution in [1.29, 1.82) is 0 Å². The van der Waals surface area contributed by atoms with Crippen LogP contribution >= 0.6 is 0 Å². The van der Waals surface area contributed by atoms with Gasteiger partial charge in [0, 0.05) is 17.3 Å². The van der Waals surface area contributed by atoms with E-state index in [2.05, 4.69) is 74.1 Å². The summed E-state index contributed by atoms with van der Waals surface area (Å²) in [6, 6.07) is 22.1. The lowest BCUT2D eigenvalue weighted by molar-refractivity contribution is 0.590. The Morgan fingerprint density at radius 1 is 0.700 bits per heavy atom. The summed E-state index contributed by atoms with van der Waals surface area (Å²) >= 11 is 0. The van der Waals surface area contributed by atoms with Crippen molar-refractivity contribution in [3.63, 3.8) is 0 Å². The third kappa shape index (κ3) is 4.02. The molecule has 30 heavy (non-hydrogen) atoms. The maximum Gasteiger partial charge on any atom is 0.141 e. The van der Waals surface area contributed by atoms with Crippen molar-refractivity contribution >= 4 is 0 Å². The minimum atomic E-state index is -0.336. The first-order chi connectivity index (χ1) is 14.3. The van der Waals surface area contributed by atoms with Crippen LogP contribution in [0.3, 0.4) is 0 Å². The van der Waals surface area contributed by atoms with Crippen LogP contribution in [0.1, 0.15) is 31.9 Å². The summed E-state index contributed by atoms with van der Waals surface area (Å²) in [5.41, 5.74) is 8.25. The molecule has 0 saturated heterocycles. The van der Waals surface area contributed by atoms with E-state index < -0.39 is 0 Å². The molecule has 0 aliphatic heterocycles. The molecule has 0 radical (unpaired) electrons. The average Bonchev–Trinajstić information content (AvgIpc) is 2.74. The fourth-order valence-corrected chi connectivity index (χ4v) is 3.62. The second kappa shape index (κ2) is 7.83. The summed E-state index contributed by atoms with van der Waals surface area (Å²) in [5, 5.41) is 0. The summed E-state index contributed by atoms with van der Waals surface area (Å²) < 4.78 is 13.6. The molecule has 3 heteroatoms. The Labute approximate surface area is 177 Å². The van der Waals surface area contributed by atoms with Crippen molar-refractivity contribution in [1.82, 2.24) is 9.97 Å². The van der Waals surface area contributed by atoms with Crippen LogP contribution in [0.4, 0.5) is 4.39 Å². The minimum absolute atomic E-state index is 0.00952. The van der Waals surface area contributed by atoms with Crippen LogP contribution < -0.4 is 0 Å². The third-order valence-electron chi connectivity index (χ3n) is 5.30. The highest BCUT2D eigenvalue weighted by Gasteiger charge is 2.19. The van der Waals surface area contributed by atoms with E-state index in [0.717, 1.165) is 33.6 Å². The van der Waals surface area contributed by atoms with Gasteiger partial charge in [0.2, 0.25) is 0 Å². The molecule has 0 N–H and O–H groups in total. The van der Waals surface area contributed by atoms with Gasteiger partial charge < -0.3 is 0 Å². The van der Waals surface area contributed by atoms with E-state index in [1.807, 2.05) is 24.4 Å². The smallest absolute Gasteiger partial charge is 0.141 e. The predicted octanol–water partition coefficient (Wildman–Crippen LogP) is 7.22. The number of nitrogens with zero attached hydrogens (tertiary/aromatic N) is 2. The zero-order chi connectivity index (χ0) is 21.3. The van der Waals surface area contributed by atoms with Gasteiger partial charge in [-0.25, -0.2) is 4.39 Å². The van der Waals surface area contributed by atoms with Gasteiger partial charge in [0.25, 0.3) is 0 Å². The largest absolute Gasteiger partial charge is 0.256 e. The lowest BCUT2D eigenvalue weighted by Crippen LogP contribution is -2.11. The second-order valence-electron chi connectivity index (χ2n) is 8.64. The maximum atomic E-state index is 13.6. The van der Waals surface area contributed by atoms with Crippen LogP contribution in [0, 0.1) is 12.7 Å². The van der Waals surface area contributed by atoms with E-state index in [-0.39, 0.29) is 11.2 Å². The number of hydrogen-bond donors (Lipinski definition) is 0. The average molecular weight is 397 g/mol. The highest BCUT2D eigenvalue weighted by atomic mass is 19.1. The second-order valence-corrected chi connectivity index (χ2v) is 8.64. The number of aromatic nitrogens is 2. The molecule has 2 aromatic heterocycles. The van der Waals surface area contributed by atoms with Gasteiger partial charge in [0.1, 0.15) is 5.82 Å². The fraction of sp³-hybridized carbons (Fsp3) is 0.185. The molecule has 0 amide bonds. The van der Waals surface area contributed by atoms with Crippen molar-refractivity contribution in [2.24, 2.45) is 0 Å². The minimum Gasteiger partial charge on any atom is -0.256 e. The standard InChI is InChI=1S/C27H25FN2/c1-18-8-11-21(23(15-18)25-7-5-6-14-29-25)22-12-9-19(27(2,3)4)16-24(22)26-13-10-20(28)17-30-26/h5-17H,1-4H3. The Kier molecular flexibility index (Phi) is 5.21. The van der Waals surface area contributed by atoms with Crippen LogP contribution in [0.25, 0.3) is 33.6 Å².